The first kappa shape index (κ1) is 15.4. The van der Waals surface area contributed by atoms with Crippen molar-refractivity contribution in [2.75, 3.05) is 6.61 Å². The van der Waals surface area contributed by atoms with E-state index < -0.39 is 11.9 Å². The highest BCUT2D eigenvalue weighted by Crippen LogP contribution is 1.74. The molecule has 0 spiro atoms. The smallest absolute Gasteiger partial charge is 0.330 e. The molecular formula is C9H12O6. The van der Waals surface area contributed by atoms with E-state index in [0.29, 0.717) is 18.8 Å². The Balaban J connectivity index is 0. The quantitative estimate of drug-likeness (QED) is 0.522. The van der Waals surface area contributed by atoms with E-state index in [0.717, 1.165) is 6.08 Å². The molecular weight excluding hydrogens is 204 g/mol. The molecule has 6 heteroatoms. The summed E-state index contributed by atoms with van der Waals surface area (Å²) in [7, 11) is 0. The monoisotopic (exact) mass is 216 g/mol. The Kier molecular flexibility index (Phi) is 10.2. The maximum Gasteiger partial charge on any atom is 0.330 e. The third kappa shape index (κ3) is 18.7. The molecule has 6 nitrogen and oxygen atoms in total. The summed E-state index contributed by atoms with van der Waals surface area (Å²) in [5.74, 6) is -2.87. The van der Waals surface area contributed by atoms with Gasteiger partial charge in [-0.1, -0.05) is 6.58 Å². The molecule has 0 aliphatic carbocycles. The molecule has 0 aliphatic rings. The Hall–Kier alpha value is -2.11. The van der Waals surface area contributed by atoms with Gasteiger partial charge in [0.1, 0.15) is 0 Å². The van der Waals surface area contributed by atoms with Crippen LogP contribution in [0.4, 0.5) is 0 Å². The van der Waals surface area contributed by atoms with Crippen LogP contribution in [0.15, 0.2) is 24.8 Å². The predicted molar refractivity (Wildman–Crippen MR) is 51.2 cm³/mol. The molecule has 0 saturated heterocycles. The van der Waals surface area contributed by atoms with Crippen LogP contribution in [0.1, 0.15) is 6.92 Å². The first-order valence-corrected chi connectivity index (χ1v) is 3.87. The molecule has 0 atom stereocenters. The number of rotatable bonds is 4. The van der Waals surface area contributed by atoms with Crippen molar-refractivity contribution >= 4 is 17.9 Å². The van der Waals surface area contributed by atoms with Crippen molar-refractivity contribution in [2.45, 2.75) is 6.92 Å². The summed E-state index contributed by atoms with van der Waals surface area (Å²) in [5.41, 5.74) is 0. The molecule has 0 bridgehead atoms. The molecule has 84 valence electrons. The minimum absolute atomic E-state index is 0.359. The zero-order valence-corrected chi connectivity index (χ0v) is 8.17. The van der Waals surface area contributed by atoms with Crippen LogP contribution in [0, 0.1) is 0 Å². The average molecular weight is 216 g/mol. The van der Waals surface area contributed by atoms with Gasteiger partial charge in [-0.3, -0.25) is 0 Å². The first-order valence-electron chi connectivity index (χ1n) is 3.87. The third-order valence-corrected chi connectivity index (χ3v) is 0.822. The molecule has 0 fully saturated rings. The van der Waals surface area contributed by atoms with Gasteiger partial charge in [0.15, 0.2) is 0 Å². The lowest BCUT2D eigenvalue weighted by molar-refractivity contribution is -0.137. The summed E-state index contributed by atoms with van der Waals surface area (Å²) >= 11 is 0. The second-order valence-corrected chi connectivity index (χ2v) is 1.97. The Morgan fingerprint density at radius 2 is 1.60 bits per heavy atom. The van der Waals surface area contributed by atoms with Crippen LogP contribution in [0.5, 0.6) is 0 Å². The van der Waals surface area contributed by atoms with E-state index in [4.69, 9.17) is 10.2 Å². The van der Waals surface area contributed by atoms with Gasteiger partial charge in [0.25, 0.3) is 0 Å². The van der Waals surface area contributed by atoms with E-state index in [1.54, 1.807) is 6.92 Å². The van der Waals surface area contributed by atoms with Gasteiger partial charge in [-0.05, 0) is 6.92 Å². The van der Waals surface area contributed by atoms with E-state index in [2.05, 4.69) is 11.3 Å². The maximum absolute atomic E-state index is 10.1. The number of ether oxygens (including phenoxy) is 1. The summed E-state index contributed by atoms with van der Waals surface area (Å²) < 4.78 is 4.43. The first-order chi connectivity index (χ1) is 6.93. The minimum Gasteiger partial charge on any atom is -0.478 e. The Morgan fingerprint density at radius 1 is 1.20 bits per heavy atom. The van der Waals surface area contributed by atoms with Crippen LogP contribution in [0.2, 0.25) is 0 Å². The number of hydrogen-bond acceptors (Lipinski definition) is 4. The third-order valence-electron chi connectivity index (χ3n) is 0.822. The minimum atomic E-state index is -1.26. The molecule has 0 amide bonds. The molecule has 0 aromatic rings. The van der Waals surface area contributed by atoms with E-state index in [1.165, 1.54) is 0 Å². The summed E-state index contributed by atoms with van der Waals surface area (Å²) in [6.45, 7) is 5.38. The van der Waals surface area contributed by atoms with E-state index in [9.17, 15) is 14.4 Å². The second-order valence-electron chi connectivity index (χ2n) is 1.97. The fraction of sp³-hybridized carbons (Fsp3) is 0.222. The van der Waals surface area contributed by atoms with Gasteiger partial charge >= 0.3 is 17.9 Å². The zero-order valence-electron chi connectivity index (χ0n) is 8.17. The van der Waals surface area contributed by atoms with Gasteiger partial charge in [0.2, 0.25) is 0 Å². The number of carbonyl (C=O) groups excluding carboxylic acids is 1. The van der Waals surface area contributed by atoms with Gasteiger partial charge < -0.3 is 14.9 Å². The van der Waals surface area contributed by atoms with Crippen molar-refractivity contribution in [1.29, 1.82) is 0 Å². The number of carboxylic acids is 2. The molecule has 2 N–H and O–H groups in total. The standard InChI is InChI=1S/C5H8O2.C4H4O4/c1-3-5(6)7-4-2;5-3(6)1-2-4(7)8/h3H,1,4H2,2H3;1-2H,(H,5,6)(H,7,8). The van der Waals surface area contributed by atoms with Crippen LogP contribution in [-0.2, 0) is 19.1 Å². The largest absolute Gasteiger partial charge is 0.478 e. The SMILES string of the molecule is C=CC(=O)OCC.O=C(O)C=CC(=O)O. The highest BCUT2D eigenvalue weighted by molar-refractivity contribution is 5.89. The lowest BCUT2D eigenvalue weighted by Crippen LogP contribution is -1.97. The highest BCUT2D eigenvalue weighted by Gasteiger charge is 1.88. The Bertz CT molecular complexity index is 250. The van der Waals surface area contributed by atoms with Crippen molar-refractivity contribution in [2.24, 2.45) is 0 Å². The van der Waals surface area contributed by atoms with E-state index in [-0.39, 0.29) is 5.97 Å². The second kappa shape index (κ2) is 9.97. The molecule has 0 rings (SSSR count). The van der Waals surface area contributed by atoms with Crippen LogP contribution >= 0.6 is 0 Å². The summed E-state index contributed by atoms with van der Waals surface area (Å²) in [6, 6.07) is 0. The van der Waals surface area contributed by atoms with Crippen molar-refractivity contribution < 1.29 is 29.3 Å². The lowest BCUT2D eigenvalue weighted by Gasteiger charge is -1.90. The van der Waals surface area contributed by atoms with E-state index >= 15 is 0 Å². The van der Waals surface area contributed by atoms with Gasteiger partial charge in [-0.15, -0.1) is 0 Å². The van der Waals surface area contributed by atoms with Crippen LogP contribution < -0.4 is 0 Å². The summed E-state index contributed by atoms with van der Waals surface area (Å²) in [4.78, 5) is 29.2. The number of hydrogen-bond donors (Lipinski definition) is 2. The van der Waals surface area contributed by atoms with Crippen LogP contribution in [0.3, 0.4) is 0 Å². The molecule has 0 aromatic heterocycles. The van der Waals surface area contributed by atoms with Gasteiger partial charge in [0, 0.05) is 18.2 Å². The number of carboxylic acid groups (broad SMARTS) is 2. The predicted octanol–water partition coefficient (Wildman–Crippen LogP) is 0.447. The number of carbonyl (C=O) groups is 3. The fourth-order valence-corrected chi connectivity index (χ4v) is 0.344. The summed E-state index contributed by atoms with van der Waals surface area (Å²) in [5, 5.41) is 15.6. The van der Waals surface area contributed by atoms with Gasteiger partial charge in [-0.2, -0.15) is 0 Å². The Labute approximate surface area is 86.5 Å². The topological polar surface area (TPSA) is 101 Å². The number of esters is 1. The average Bonchev–Trinajstić information content (AvgIpc) is 2.16. The van der Waals surface area contributed by atoms with Crippen molar-refractivity contribution in [3.8, 4) is 0 Å². The highest BCUT2D eigenvalue weighted by atomic mass is 16.5. The summed E-state index contributed by atoms with van der Waals surface area (Å²) in [6.07, 6.45) is 2.26. The fourth-order valence-electron chi connectivity index (χ4n) is 0.344. The van der Waals surface area contributed by atoms with E-state index in [1.807, 2.05) is 0 Å². The van der Waals surface area contributed by atoms with Crippen molar-refractivity contribution in [3.05, 3.63) is 24.8 Å². The Morgan fingerprint density at radius 3 is 1.73 bits per heavy atom. The number of aliphatic carboxylic acids is 2. The molecule has 15 heavy (non-hydrogen) atoms. The van der Waals surface area contributed by atoms with Crippen molar-refractivity contribution in [3.63, 3.8) is 0 Å². The molecule has 0 saturated carbocycles. The van der Waals surface area contributed by atoms with Gasteiger partial charge in [-0.25, -0.2) is 14.4 Å². The molecule has 0 aromatic carbocycles. The van der Waals surface area contributed by atoms with Crippen LogP contribution in [0.25, 0.3) is 0 Å². The normalized spacial score (nSPS) is 8.60. The lowest BCUT2D eigenvalue weighted by atomic mass is 10.5. The molecule has 0 unspecified atom stereocenters. The zero-order chi connectivity index (χ0) is 12.3. The van der Waals surface area contributed by atoms with Crippen LogP contribution in [-0.4, -0.2) is 34.7 Å². The molecule has 0 heterocycles. The van der Waals surface area contributed by atoms with Crippen molar-refractivity contribution in [1.82, 2.24) is 0 Å². The molecule has 0 aliphatic heterocycles. The van der Waals surface area contributed by atoms with Gasteiger partial charge in [0.05, 0.1) is 6.61 Å². The maximum atomic E-state index is 10.1. The molecule has 0 radical (unpaired) electrons.